The minimum atomic E-state index is -4.89. The topological polar surface area (TPSA) is 113 Å². The van der Waals surface area contributed by atoms with Gasteiger partial charge in [-0.05, 0) is 6.92 Å². The summed E-state index contributed by atoms with van der Waals surface area (Å²) in [5.41, 5.74) is 0. The van der Waals surface area contributed by atoms with Crippen molar-refractivity contribution in [3.8, 4) is 0 Å². The molecule has 0 saturated heterocycles. The van der Waals surface area contributed by atoms with Gasteiger partial charge in [0.1, 0.15) is 12.4 Å². The van der Waals surface area contributed by atoms with Crippen LogP contribution in [-0.2, 0) is 28.2 Å². The molecule has 0 unspecified atom stereocenters. The van der Waals surface area contributed by atoms with Gasteiger partial charge in [0.25, 0.3) is 6.16 Å². The molecule has 0 aliphatic carbocycles. The molecule has 118 valence electrons. The second-order valence-electron chi connectivity index (χ2n) is 2.92. The molecule has 0 amide bonds. The van der Waals surface area contributed by atoms with Crippen LogP contribution in [0.5, 0.6) is 0 Å². The Labute approximate surface area is 113 Å². The summed E-state index contributed by atoms with van der Waals surface area (Å²) in [7, 11) is -2.87. The van der Waals surface area contributed by atoms with Crippen LogP contribution in [0, 0.1) is 0 Å². The lowest BCUT2D eigenvalue weighted by atomic mass is 10.7. The standard InChI is InChI=1S/C6H11N2.CHF3.CH2O6S/c1-3-8-5-4-7(2)6-8;2-1(3)4;2-1(3)7-8(4,5)6/h4-6H,3H2,1-2H3;1H;(H,2,3)(H,4,5,6)/q+1;;/p-1. The Balaban J connectivity index is 0. The molecule has 1 heterocycles. The molecule has 12 heteroatoms. The fourth-order valence-corrected chi connectivity index (χ4v) is 0.947. The number of alkyl halides is 3. The maximum absolute atomic E-state index is 9.67. The van der Waals surface area contributed by atoms with Gasteiger partial charge in [-0.3, -0.25) is 4.55 Å². The third-order valence-electron chi connectivity index (χ3n) is 1.36. The van der Waals surface area contributed by atoms with Crippen molar-refractivity contribution in [1.82, 2.24) is 4.57 Å². The molecule has 0 fully saturated rings. The van der Waals surface area contributed by atoms with Crippen molar-refractivity contribution < 1.29 is 44.8 Å². The molecular formula is C8H13F3N2O6S. The van der Waals surface area contributed by atoms with Crippen LogP contribution in [0.15, 0.2) is 18.7 Å². The molecule has 1 N–H and O–H groups in total. The summed E-state index contributed by atoms with van der Waals surface area (Å²) in [6, 6.07) is 0. The second-order valence-corrected chi connectivity index (χ2v) is 3.94. The fraction of sp³-hybridized carbons (Fsp3) is 0.500. The molecule has 0 aromatic carbocycles. The Morgan fingerprint density at radius 2 is 1.95 bits per heavy atom. The highest BCUT2D eigenvalue weighted by molar-refractivity contribution is 7.81. The second kappa shape index (κ2) is 10.0. The van der Waals surface area contributed by atoms with E-state index in [-0.39, 0.29) is 0 Å². The van der Waals surface area contributed by atoms with E-state index in [4.69, 9.17) is 14.5 Å². The first kappa shape index (κ1) is 20.5. The Kier molecular flexibility index (Phi) is 10.3. The van der Waals surface area contributed by atoms with Crippen LogP contribution in [0.25, 0.3) is 0 Å². The molecule has 8 nitrogen and oxygen atoms in total. The molecule has 0 bridgehead atoms. The zero-order chi connectivity index (χ0) is 16.3. The van der Waals surface area contributed by atoms with Crippen LogP contribution >= 0.6 is 0 Å². The molecule has 1 rings (SSSR count). The average Bonchev–Trinajstić information content (AvgIpc) is 2.60. The number of nitrogens with zero attached hydrogens (tertiary/aromatic N) is 2. The minimum absolute atomic E-state index is 1.06. The summed E-state index contributed by atoms with van der Waals surface area (Å²) < 4.78 is 62.2. The quantitative estimate of drug-likeness (QED) is 0.589. The van der Waals surface area contributed by atoms with Gasteiger partial charge in [-0.1, -0.05) is 0 Å². The number of carbonyl (C=O) groups excluding carboxylic acids is 1. The van der Waals surface area contributed by atoms with Gasteiger partial charge in [0.2, 0.25) is 6.33 Å². The number of rotatable bonds is 2. The van der Waals surface area contributed by atoms with E-state index in [0.29, 0.717) is 0 Å². The Bertz CT molecular complexity index is 487. The van der Waals surface area contributed by atoms with Crippen molar-refractivity contribution in [3.63, 3.8) is 0 Å². The van der Waals surface area contributed by atoms with Crippen molar-refractivity contribution in [2.45, 2.75) is 20.1 Å². The zero-order valence-electron chi connectivity index (χ0n) is 10.4. The van der Waals surface area contributed by atoms with Gasteiger partial charge in [0, 0.05) is 0 Å². The third kappa shape index (κ3) is 18.5. The number of aromatic nitrogens is 2. The maximum Gasteiger partial charge on any atom is 0.382 e. The summed E-state index contributed by atoms with van der Waals surface area (Å²) in [6.07, 6.45) is 3.83. The number of halogens is 3. The molecule has 20 heavy (non-hydrogen) atoms. The molecule has 0 saturated carbocycles. The molecule has 0 aliphatic rings. The van der Waals surface area contributed by atoms with Crippen LogP contribution in [0.4, 0.5) is 18.0 Å². The van der Waals surface area contributed by atoms with E-state index in [2.05, 4.69) is 28.2 Å². The third-order valence-corrected chi connectivity index (χ3v) is 1.71. The first-order valence-electron chi connectivity index (χ1n) is 4.79. The SMILES string of the molecule is CCn1cc[n+](C)c1.FC(F)F.O=C([O-])OS(=O)(=O)O. The van der Waals surface area contributed by atoms with Gasteiger partial charge in [0.15, 0.2) is 0 Å². The van der Waals surface area contributed by atoms with Gasteiger partial charge in [-0.15, -0.1) is 0 Å². The maximum atomic E-state index is 9.67. The fourth-order valence-electron chi connectivity index (χ4n) is 0.775. The number of hydrogen-bond donors (Lipinski definition) is 1. The van der Waals surface area contributed by atoms with Crippen molar-refractivity contribution in [3.05, 3.63) is 18.7 Å². The van der Waals surface area contributed by atoms with Crippen LogP contribution in [0.1, 0.15) is 6.92 Å². The van der Waals surface area contributed by atoms with E-state index < -0.39 is 23.2 Å². The minimum Gasteiger partial charge on any atom is -0.425 e. The predicted molar refractivity (Wildman–Crippen MR) is 56.4 cm³/mol. The molecule has 0 aliphatic heterocycles. The molecular weight excluding hydrogens is 309 g/mol. The summed E-state index contributed by atoms with van der Waals surface area (Å²) in [5, 5.41) is 9.14. The molecule has 0 radical (unpaired) electrons. The smallest absolute Gasteiger partial charge is 0.382 e. The largest absolute Gasteiger partial charge is 0.425 e. The molecule has 1 aromatic rings. The van der Waals surface area contributed by atoms with Crippen LogP contribution in [0.3, 0.4) is 0 Å². The van der Waals surface area contributed by atoms with Crippen molar-refractivity contribution in [1.29, 1.82) is 0 Å². The lowest BCUT2D eigenvalue weighted by Crippen LogP contribution is -2.26. The van der Waals surface area contributed by atoms with Gasteiger partial charge < -0.3 is 14.1 Å². The van der Waals surface area contributed by atoms with E-state index >= 15 is 0 Å². The lowest BCUT2D eigenvalue weighted by molar-refractivity contribution is -0.671. The van der Waals surface area contributed by atoms with Gasteiger partial charge in [0.05, 0.1) is 13.6 Å². The highest BCUT2D eigenvalue weighted by atomic mass is 32.3. The summed E-state index contributed by atoms with van der Waals surface area (Å²) in [6.45, 7) is -0.485. The van der Waals surface area contributed by atoms with E-state index in [0.717, 1.165) is 6.54 Å². The molecule has 0 spiro atoms. The van der Waals surface area contributed by atoms with Crippen molar-refractivity contribution in [2.75, 3.05) is 0 Å². The average molecular weight is 322 g/mol. The predicted octanol–water partition coefficient (Wildman–Crippen LogP) is -0.340. The summed E-state index contributed by atoms with van der Waals surface area (Å²) in [5.74, 6) is 0. The molecule has 1 aromatic heterocycles. The monoisotopic (exact) mass is 322 g/mol. The summed E-state index contributed by atoms with van der Waals surface area (Å²) >= 11 is 0. The van der Waals surface area contributed by atoms with Crippen LogP contribution < -0.4 is 9.67 Å². The number of carboxylic acid groups (broad SMARTS) is 1. The normalized spacial score (nSPS) is 9.95. The Morgan fingerprint density at radius 3 is 2.05 bits per heavy atom. The van der Waals surface area contributed by atoms with Crippen molar-refractivity contribution in [2.24, 2.45) is 7.05 Å². The van der Waals surface area contributed by atoms with Crippen LogP contribution in [0.2, 0.25) is 0 Å². The van der Waals surface area contributed by atoms with Gasteiger partial charge >= 0.3 is 17.1 Å². The highest BCUT2D eigenvalue weighted by Crippen LogP contribution is 1.87. The highest BCUT2D eigenvalue weighted by Gasteiger charge is 1.98. The lowest BCUT2D eigenvalue weighted by Gasteiger charge is -1.99. The van der Waals surface area contributed by atoms with Crippen molar-refractivity contribution >= 4 is 16.6 Å². The number of hydrogen-bond acceptors (Lipinski definition) is 5. The van der Waals surface area contributed by atoms with Gasteiger partial charge in [-0.25, -0.2) is 9.13 Å². The Hall–Kier alpha value is -1.82. The zero-order valence-corrected chi connectivity index (χ0v) is 11.3. The Morgan fingerprint density at radius 1 is 1.50 bits per heavy atom. The first-order valence-corrected chi connectivity index (χ1v) is 6.15. The van der Waals surface area contributed by atoms with E-state index in [9.17, 15) is 21.6 Å². The van der Waals surface area contributed by atoms with E-state index in [1.54, 1.807) is 0 Å². The molecule has 0 atom stereocenters. The number of imidazole rings is 1. The van der Waals surface area contributed by atoms with E-state index in [1.807, 2.05) is 17.8 Å². The summed E-state index contributed by atoms with van der Waals surface area (Å²) in [4.78, 5) is 9.14. The van der Waals surface area contributed by atoms with E-state index in [1.165, 1.54) is 0 Å². The first-order chi connectivity index (χ1) is 8.97. The number of aryl methyl sites for hydroxylation is 2. The number of carbonyl (C=O) groups is 1. The van der Waals surface area contributed by atoms with Gasteiger partial charge in [-0.2, -0.15) is 21.6 Å². The van der Waals surface area contributed by atoms with Crippen LogP contribution in [-0.4, -0.2) is 30.4 Å².